The second-order valence-corrected chi connectivity index (χ2v) is 12.6. The maximum Gasteiger partial charge on any atom is 0.417 e. The average Bonchev–Trinajstić information content (AvgIpc) is 3.47. The first kappa shape index (κ1) is 32.6. The zero-order chi connectivity index (χ0) is 32.8. The van der Waals surface area contributed by atoms with E-state index in [4.69, 9.17) is 0 Å². The number of carbonyl (C=O) groups excluding carboxylic acids is 2. The van der Waals surface area contributed by atoms with Crippen molar-refractivity contribution in [1.82, 2.24) is 24.3 Å². The highest BCUT2D eigenvalue weighted by Gasteiger charge is 2.37. The van der Waals surface area contributed by atoms with Crippen molar-refractivity contribution in [2.24, 2.45) is 7.05 Å². The molecule has 0 spiro atoms. The number of piperazine rings is 2. The third-order valence-corrected chi connectivity index (χ3v) is 9.40. The monoisotopic (exact) mass is 649 g/mol. The fourth-order valence-corrected chi connectivity index (χ4v) is 6.38. The molecule has 2 unspecified atom stereocenters. The molecule has 4 heterocycles. The Bertz CT molecular complexity index is 1650. The van der Waals surface area contributed by atoms with Crippen LogP contribution in [-0.4, -0.2) is 102 Å². The molecule has 1 N–H and O–H groups in total. The number of benzene rings is 1. The van der Waals surface area contributed by atoms with Gasteiger partial charge >= 0.3 is 6.18 Å². The Morgan fingerprint density at radius 2 is 1.64 bits per heavy atom. The topological polar surface area (TPSA) is 94.0 Å². The van der Waals surface area contributed by atoms with Gasteiger partial charge in [0.15, 0.2) is 5.01 Å². The van der Waals surface area contributed by atoms with E-state index < -0.39 is 34.6 Å². The minimum Gasteiger partial charge on any atom is -0.367 e. The number of nitrogens with one attached hydrogen (secondary N) is 1. The zero-order valence-corrected chi connectivity index (χ0v) is 26.4. The summed E-state index contributed by atoms with van der Waals surface area (Å²) in [5.74, 6) is -2.04. The molecule has 242 valence electrons. The van der Waals surface area contributed by atoms with Crippen LogP contribution in [0, 0.1) is 5.82 Å². The molecule has 5 rings (SSSR count). The highest BCUT2D eigenvalue weighted by atomic mass is 32.1. The van der Waals surface area contributed by atoms with E-state index in [0.29, 0.717) is 37.9 Å². The molecule has 2 fully saturated rings. The Morgan fingerprint density at radius 1 is 1.00 bits per heavy atom. The molecule has 15 heteroatoms. The van der Waals surface area contributed by atoms with Gasteiger partial charge in [-0.15, -0.1) is 11.3 Å². The quantitative estimate of drug-likeness (QED) is 0.420. The van der Waals surface area contributed by atoms with E-state index in [1.165, 1.54) is 19.2 Å². The fraction of sp³-hybridized carbons (Fsp3) is 0.467. The van der Waals surface area contributed by atoms with Gasteiger partial charge in [0.1, 0.15) is 5.82 Å². The molecule has 2 aromatic heterocycles. The lowest BCUT2D eigenvalue weighted by Gasteiger charge is -2.44. The smallest absolute Gasteiger partial charge is 0.367 e. The SMILES string of the molecule is CC1CN(c2cc(F)c(-c3csc(C(=O)N4CCN(C)CC4)n3)cc2NC(=O)c2cn(C)c(=O)cc2C(F)(F)F)CC(C)N1C. The fourth-order valence-electron chi connectivity index (χ4n) is 5.60. The maximum atomic E-state index is 15.9. The summed E-state index contributed by atoms with van der Waals surface area (Å²) in [7, 11) is 5.19. The van der Waals surface area contributed by atoms with Crippen LogP contribution in [0.25, 0.3) is 11.3 Å². The Balaban J connectivity index is 1.55. The minimum atomic E-state index is -4.97. The van der Waals surface area contributed by atoms with Crippen molar-refractivity contribution >= 4 is 34.5 Å². The summed E-state index contributed by atoms with van der Waals surface area (Å²) in [6.45, 7) is 7.45. The third kappa shape index (κ3) is 6.75. The summed E-state index contributed by atoms with van der Waals surface area (Å²) >= 11 is 1.07. The molecule has 0 saturated carbocycles. The van der Waals surface area contributed by atoms with Crippen molar-refractivity contribution < 1.29 is 27.2 Å². The Labute approximate surface area is 261 Å². The predicted octanol–water partition coefficient (Wildman–Crippen LogP) is 3.84. The molecule has 3 aromatic rings. The van der Waals surface area contributed by atoms with Crippen molar-refractivity contribution in [3.63, 3.8) is 0 Å². The summed E-state index contributed by atoms with van der Waals surface area (Å²) in [6, 6.07) is 3.07. The number of hydrogen-bond acceptors (Lipinski definition) is 8. The molecular weight excluding hydrogens is 614 g/mol. The van der Waals surface area contributed by atoms with Crippen molar-refractivity contribution in [1.29, 1.82) is 0 Å². The molecule has 10 nitrogen and oxygen atoms in total. The van der Waals surface area contributed by atoms with E-state index in [-0.39, 0.29) is 39.9 Å². The summed E-state index contributed by atoms with van der Waals surface area (Å²) in [6.07, 6.45) is -4.13. The van der Waals surface area contributed by atoms with Crippen LogP contribution in [0.15, 0.2) is 34.6 Å². The van der Waals surface area contributed by atoms with Gasteiger partial charge in [-0.05, 0) is 34.0 Å². The molecular formula is C30H35F4N7O3S. The number of nitrogens with zero attached hydrogens (tertiary/aromatic N) is 6. The van der Waals surface area contributed by atoms with E-state index >= 15 is 4.39 Å². The minimum absolute atomic E-state index is 0.0190. The van der Waals surface area contributed by atoms with E-state index in [1.807, 2.05) is 32.8 Å². The van der Waals surface area contributed by atoms with Gasteiger partial charge in [-0.25, -0.2) is 9.37 Å². The summed E-state index contributed by atoms with van der Waals surface area (Å²) < 4.78 is 58.4. The van der Waals surface area contributed by atoms with Crippen LogP contribution in [0.4, 0.5) is 28.9 Å². The molecule has 2 saturated heterocycles. The zero-order valence-electron chi connectivity index (χ0n) is 25.6. The maximum absolute atomic E-state index is 15.9. The lowest BCUT2D eigenvalue weighted by molar-refractivity contribution is -0.138. The lowest BCUT2D eigenvalue weighted by Crippen LogP contribution is -2.55. The number of amides is 2. The highest BCUT2D eigenvalue weighted by Crippen LogP contribution is 2.37. The number of aromatic nitrogens is 2. The van der Waals surface area contributed by atoms with Gasteiger partial charge in [0.25, 0.3) is 17.4 Å². The van der Waals surface area contributed by atoms with Crippen LogP contribution in [-0.2, 0) is 13.2 Å². The van der Waals surface area contributed by atoms with Gasteiger partial charge < -0.3 is 24.6 Å². The van der Waals surface area contributed by atoms with Crippen LogP contribution < -0.4 is 15.8 Å². The number of alkyl halides is 3. The van der Waals surface area contributed by atoms with Crippen LogP contribution in [0.5, 0.6) is 0 Å². The van der Waals surface area contributed by atoms with E-state index in [9.17, 15) is 27.6 Å². The molecule has 1 aromatic carbocycles. The number of pyridine rings is 1. The number of halogens is 4. The van der Waals surface area contributed by atoms with Gasteiger partial charge in [0.2, 0.25) is 0 Å². The highest BCUT2D eigenvalue weighted by molar-refractivity contribution is 7.12. The average molecular weight is 650 g/mol. The van der Waals surface area contributed by atoms with Crippen LogP contribution in [0.2, 0.25) is 0 Å². The third-order valence-electron chi connectivity index (χ3n) is 8.57. The molecule has 0 radical (unpaired) electrons. The molecule has 2 aliphatic heterocycles. The predicted molar refractivity (Wildman–Crippen MR) is 164 cm³/mol. The molecule has 2 aliphatic rings. The van der Waals surface area contributed by atoms with Crippen molar-refractivity contribution in [2.75, 3.05) is 63.6 Å². The Hall–Kier alpha value is -3.82. The van der Waals surface area contributed by atoms with Crippen LogP contribution in [0.1, 0.15) is 39.6 Å². The molecule has 2 amide bonds. The number of aryl methyl sites for hydroxylation is 1. The Kier molecular flexibility index (Phi) is 9.06. The second-order valence-electron chi connectivity index (χ2n) is 11.8. The number of anilines is 2. The number of likely N-dealkylation sites (N-methyl/N-ethyl adjacent to an activating group) is 2. The molecule has 45 heavy (non-hydrogen) atoms. The first-order valence-corrected chi connectivity index (χ1v) is 15.4. The second kappa shape index (κ2) is 12.5. The summed E-state index contributed by atoms with van der Waals surface area (Å²) in [5, 5.41) is 4.30. The number of thiazole rings is 1. The number of hydrogen-bond donors (Lipinski definition) is 1. The standard InChI is InChI=1S/C30H35F4N7O3S/c1-17-13-41(14-18(2)39(17)5)25-12-22(31)19(24-16-45-28(36-24)29(44)40-8-6-37(3)7-9-40)10-23(25)35-27(43)20-15-38(4)26(42)11-21(20)30(32,33)34/h10-12,15-18H,6-9,13-14H2,1-5H3,(H,35,43). The van der Waals surface area contributed by atoms with Gasteiger partial charge in [-0.1, -0.05) is 0 Å². The van der Waals surface area contributed by atoms with Crippen LogP contribution >= 0.6 is 11.3 Å². The first-order valence-electron chi connectivity index (χ1n) is 14.5. The lowest BCUT2D eigenvalue weighted by atomic mass is 10.0. The van der Waals surface area contributed by atoms with Crippen molar-refractivity contribution in [3.8, 4) is 11.3 Å². The number of rotatable bonds is 5. The van der Waals surface area contributed by atoms with E-state index in [1.54, 1.807) is 10.3 Å². The van der Waals surface area contributed by atoms with Crippen LogP contribution in [0.3, 0.4) is 0 Å². The summed E-state index contributed by atoms with van der Waals surface area (Å²) in [4.78, 5) is 50.8. The molecule has 0 aliphatic carbocycles. The van der Waals surface area contributed by atoms with Gasteiger partial charge in [-0.3, -0.25) is 19.3 Å². The summed E-state index contributed by atoms with van der Waals surface area (Å²) in [5.41, 5.74) is -2.55. The molecule has 0 bridgehead atoms. The normalized spacial score (nSPS) is 20.0. The van der Waals surface area contributed by atoms with Crippen molar-refractivity contribution in [2.45, 2.75) is 32.1 Å². The van der Waals surface area contributed by atoms with Gasteiger partial charge in [0.05, 0.1) is 28.2 Å². The van der Waals surface area contributed by atoms with Gasteiger partial charge in [0, 0.05) is 87.7 Å². The van der Waals surface area contributed by atoms with Crippen molar-refractivity contribution in [3.05, 3.63) is 62.1 Å². The van der Waals surface area contributed by atoms with Gasteiger partial charge in [-0.2, -0.15) is 13.2 Å². The number of carbonyl (C=O) groups is 2. The van der Waals surface area contributed by atoms with E-state index in [0.717, 1.165) is 35.2 Å². The first-order chi connectivity index (χ1) is 21.1. The largest absolute Gasteiger partial charge is 0.417 e. The molecule has 2 atom stereocenters. The van der Waals surface area contributed by atoms with E-state index in [2.05, 4.69) is 20.1 Å². The Morgan fingerprint density at radius 3 is 2.27 bits per heavy atom.